The first-order chi connectivity index (χ1) is 10.8. The number of carbonyl (C=O) groups is 1. The number of nitrogens with one attached hydrogen (secondary N) is 1. The van der Waals surface area contributed by atoms with Crippen LogP contribution in [-0.2, 0) is 17.6 Å². The Labute approximate surface area is 132 Å². The number of amides is 1. The predicted octanol–water partition coefficient (Wildman–Crippen LogP) is 3.64. The van der Waals surface area contributed by atoms with E-state index in [-0.39, 0.29) is 5.91 Å². The maximum absolute atomic E-state index is 12.4. The molecule has 3 heteroatoms. The monoisotopic (exact) mass is 294 g/mol. The van der Waals surface area contributed by atoms with Gasteiger partial charge in [-0.1, -0.05) is 37.3 Å². The summed E-state index contributed by atoms with van der Waals surface area (Å²) in [6.07, 6.45) is 2.53. The molecule has 1 aliphatic heterocycles. The van der Waals surface area contributed by atoms with Crippen LogP contribution in [0.2, 0.25) is 0 Å². The lowest BCUT2D eigenvalue weighted by Crippen LogP contribution is -2.30. The lowest BCUT2D eigenvalue weighted by molar-refractivity contribution is -0.118. The van der Waals surface area contributed by atoms with E-state index in [9.17, 15) is 4.79 Å². The van der Waals surface area contributed by atoms with Gasteiger partial charge in [0, 0.05) is 30.9 Å². The van der Waals surface area contributed by atoms with Crippen molar-refractivity contribution in [1.29, 1.82) is 0 Å². The van der Waals surface area contributed by atoms with E-state index in [0.717, 1.165) is 30.8 Å². The molecular weight excluding hydrogens is 272 g/mol. The van der Waals surface area contributed by atoms with Gasteiger partial charge in [-0.15, -0.1) is 0 Å². The maximum Gasteiger partial charge on any atom is 0.228 e. The number of carbonyl (C=O) groups excluding carboxylic acids is 1. The maximum atomic E-state index is 12.4. The van der Waals surface area contributed by atoms with E-state index in [1.807, 2.05) is 23.1 Å². The summed E-state index contributed by atoms with van der Waals surface area (Å²) >= 11 is 0. The summed E-state index contributed by atoms with van der Waals surface area (Å²) in [5.41, 5.74) is 4.76. The smallest absolute Gasteiger partial charge is 0.228 e. The van der Waals surface area contributed by atoms with Crippen LogP contribution in [0.5, 0.6) is 0 Å². The Balaban J connectivity index is 1.52. The molecule has 0 unspecified atom stereocenters. The first kappa shape index (κ1) is 14.6. The van der Waals surface area contributed by atoms with E-state index in [1.165, 1.54) is 11.1 Å². The molecule has 1 N–H and O–H groups in total. The van der Waals surface area contributed by atoms with E-state index in [4.69, 9.17) is 0 Å². The average Bonchev–Trinajstić information content (AvgIpc) is 2.99. The normalized spacial score (nSPS) is 13.0. The molecule has 114 valence electrons. The summed E-state index contributed by atoms with van der Waals surface area (Å²) in [5, 5.41) is 3.33. The third-order valence-corrected chi connectivity index (χ3v) is 4.22. The van der Waals surface area contributed by atoms with Crippen LogP contribution in [0.4, 0.5) is 11.4 Å². The van der Waals surface area contributed by atoms with Gasteiger partial charge in [0.15, 0.2) is 0 Å². The van der Waals surface area contributed by atoms with Crippen LogP contribution in [0.3, 0.4) is 0 Å². The highest BCUT2D eigenvalue weighted by Gasteiger charge is 2.23. The number of benzene rings is 2. The molecule has 0 saturated heterocycles. The molecule has 0 fully saturated rings. The SMILES string of the molecule is CCc1ccc(NCCC(=O)N2CCc3ccccc32)cc1. The lowest BCUT2D eigenvalue weighted by atomic mass is 10.1. The molecule has 1 aliphatic rings. The van der Waals surface area contributed by atoms with Gasteiger partial charge in [-0.25, -0.2) is 0 Å². The topological polar surface area (TPSA) is 32.3 Å². The number of para-hydroxylation sites is 1. The molecule has 0 spiro atoms. The summed E-state index contributed by atoms with van der Waals surface area (Å²) in [5.74, 6) is 0.197. The highest BCUT2D eigenvalue weighted by atomic mass is 16.2. The highest BCUT2D eigenvalue weighted by molar-refractivity contribution is 5.95. The van der Waals surface area contributed by atoms with E-state index >= 15 is 0 Å². The second-order valence-corrected chi connectivity index (χ2v) is 5.65. The number of hydrogen-bond donors (Lipinski definition) is 1. The van der Waals surface area contributed by atoms with Crippen molar-refractivity contribution in [3.63, 3.8) is 0 Å². The van der Waals surface area contributed by atoms with Crippen molar-refractivity contribution in [2.24, 2.45) is 0 Å². The Morgan fingerprint density at radius 2 is 1.91 bits per heavy atom. The highest BCUT2D eigenvalue weighted by Crippen LogP contribution is 2.27. The number of fused-ring (bicyclic) bond motifs is 1. The van der Waals surface area contributed by atoms with Crippen molar-refractivity contribution in [1.82, 2.24) is 0 Å². The van der Waals surface area contributed by atoms with Gasteiger partial charge in [0.2, 0.25) is 5.91 Å². The van der Waals surface area contributed by atoms with Crippen molar-refractivity contribution in [3.05, 3.63) is 59.7 Å². The Bertz CT molecular complexity index is 649. The zero-order chi connectivity index (χ0) is 15.4. The first-order valence-corrected chi connectivity index (χ1v) is 7.99. The Hall–Kier alpha value is -2.29. The number of anilines is 2. The minimum absolute atomic E-state index is 0.197. The van der Waals surface area contributed by atoms with Crippen LogP contribution in [0.25, 0.3) is 0 Å². The quantitative estimate of drug-likeness (QED) is 0.913. The minimum Gasteiger partial charge on any atom is -0.385 e. The van der Waals surface area contributed by atoms with E-state index in [2.05, 4.69) is 42.6 Å². The number of hydrogen-bond acceptors (Lipinski definition) is 2. The van der Waals surface area contributed by atoms with Crippen LogP contribution in [0.15, 0.2) is 48.5 Å². The largest absolute Gasteiger partial charge is 0.385 e. The molecule has 1 amide bonds. The summed E-state index contributed by atoms with van der Waals surface area (Å²) in [6.45, 7) is 3.63. The van der Waals surface area contributed by atoms with Crippen LogP contribution in [0, 0.1) is 0 Å². The summed E-state index contributed by atoms with van der Waals surface area (Å²) < 4.78 is 0. The third-order valence-electron chi connectivity index (χ3n) is 4.22. The number of rotatable bonds is 5. The van der Waals surface area contributed by atoms with Crippen LogP contribution < -0.4 is 10.2 Å². The van der Waals surface area contributed by atoms with Crippen molar-refractivity contribution >= 4 is 17.3 Å². The number of nitrogens with zero attached hydrogens (tertiary/aromatic N) is 1. The second-order valence-electron chi connectivity index (χ2n) is 5.65. The molecule has 22 heavy (non-hydrogen) atoms. The lowest BCUT2D eigenvalue weighted by Gasteiger charge is -2.17. The van der Waals surface area contributed by atoms with Crippen molar-refractivity contribution in [2.75, 3.05) is 23.3 Å². The molecule has 0 bridgehead atoms. The second kappa shape index (κ2) is 6.65. The summed E-state index contributed by atoms with van der Waals surface area (Å²) in [6, 6.07) is 16.6. The van der Waals surface area contributed by atoms with E-state index in [0.29, 0.717) is 13.0 Å². The first-order valence-electron chi connectivity index (χ1n) is 7.99. The van der Waals surface area contributed by atoms with Crippen LogP contribution in [0.1, 0.15) is 24.5 Å². The van der Waals surface area contributed by atoms with Gasteiger partial charge in [-0.05, 0) is 42.2 Å². The number of aryl methyl sites for hydroxylation is 1. The molecule has 3 nitrogen and oxygen atoms in total. The molecule has 0 aromatic heterocycles. The minimum atomic E-state index is 0.197. The Kier molecular flexibility index (Phi) is 4.42. The molecule has 2 aromatic rings. The standard InChI is InChI=1S/C19H22N2O/c1-2-15-7-9-17(10-8-15)20-13-11-19(22)21-14-12-16-5-3-4-6-18(16)21/h3-10,20H,2,11-14H2,1H3. The van der Waals surface area contributed by atoms with Crippen LogP contribution in [-0.4, -0.2) is 19.0 Å². The van der Waals surface area contributed by atoms with E-state index in [1.54, 1.807) is 0 Å². The molecule has 0 radical (unpaired) electrons. The fourth-order valence-corrected chi connectivity index (χ4v) is 2.90. The molecule has 0 atom stereocenters. The van der Waals surface area contributed by atoms with Gasteiger partial charge in [-0.3, -0.25) is 4.79 Å². The molecule has 0 aliphatic carbocycles. The fraction of sp³-hybridized carbons (Fsp3) is 0.316. The van der Waals surface area contributed by atoms with Gasteiger partial charge in [-0.2, -0.15) is 0 Å². The van der Waals surface area contributed by atoms with Gasteiger partial charge in [0.05, 0.1) is 0 Å². The third kappa shape index (κ3) is 3.14. The zero-order valence-electron chi connectivity index (χ0n) is 13.0. The Morgan fingerprint density at radius 1 is 1.14 bits per heavy atom. The summed E-state index contributed by atoms with van der Waals surface area (Å²) in [4.78, 5) is 14.3. The van der Waals surface area contributed by atoms with Gasteiger partial charge in [0.1, 0.15) is 0 Å². The molecular formula is C19H22N2O. The fourth-order valence-electron chi connectivity index (χ4n) is 2.90. The van der Waals surface area contributed by atoms with Crippen molar-refractivity contribution in [2.45, 2.75) is 26.2 Å². The Morgan fingerprint density at radius 3 is 2.68 bits per heavy atom. The average molecular weight is 294 g/mol. The molecule has 2 aromatic carbocycles. The van der Waals surface area contributed by atoms with Crippen molar-refractivity contribution in [3.8, 4) is 0 Å². The van der Waals surface area contributed by atoms with Gasteiger partial charge >= 0.3 is 0 Å². The molecule has 3 rings (SSSR count). The van der Waals surface area contributed by atoms with Gasteiger partial charge in [0.25, 0.3) is 0 Å². The van der Waals surface area contributed by atoms with Crippen LogP contribution >= 0.6 is 0 Å². The summed E-state index contributed by atoms with van der Waals surface area (Å²) in [7, 11) is 0. The molecule has 0 saturated carbocycles. The molecule has 1 heterocycles. The zero-order valence-corrected chi connectivity index (χ0v) is 13.0. The van der Waals surface area contributed by atoms with Gasteiger partial charge < -0.3 is 10.2 Å². The van der Waals surface area contributed by atoms with Crippen molar-refractivity contribution < 1.29 is 4.79 Å². The predicted molar refractivity (Wildman–Crippen MR) is 91.4 cm³/mol. The van der Waals surface area contributed by atoms with E-state index < -0.39 is 0 Å².